The molecule has 1 heterocycles. The molecule has 0 saturated heterocycles. The Morgan fingerprint density at radius 1 is 0.979 bits per heavy atom. The first kappa shape index (κ1) is 45.3. The number of likely N-dealkylation sites (N-methyl/N-ethyl adjacent to an activating group) is 1. The molecule has 0 atom stereocenters. The van der Waals surface area contributed by atoms with Gasteiger partial charge in [-0.1, -0.05) is 129 Å². The summed E-state index contributed by atoms with van der Waals surface area (Å²) in [6.07, 6.45) is 16.7. The molecule has 0 aliphatic carbocycles. The van der Waals surface area contributed by atoms with Crippen LogP contribution in [-0.4, -0.2) is 42.3 Å². The van der Waals surface area contributed by atoms with Gasteiger partial charge >= 0.3 is 5.97 Å². The van der Waals surface area contributed by atoms with Crippen LogP contribution in [0.25, 0.3) is 5.57 Å². The molecule has 5 nitrogen and oxygen atoms in total. The quantitative estimate of drug-likeness (QED) is 0.158. The molecule has 0 fully saturated rings. The fourth-order valence-electron chi connectivity index (χ4n) is 3.79. The third kappa shape index (κ3) is 20.8. The number of hydrogen-bond acceptors (Lipinski definition) is 5. The summed E-state index contributed by atoms with van der Waals surface area (Å²) in [6.45, 7) is 33.6. The summed E-state index contributed by atoms with van der Waals surface area (Å²) >= 11 is 0. The molecule has 47 heavy (non-hydrogen) atoms. The van der Waals surface area contributed by atoms with Gasteiger partial charge in [-0.15, -0.1) is 0 Å². The van der Waals surface area contributed by atoms with E-state index >= 15 is 0 Å². The molecule has 262 valence electrons. The molecular weight excluding hydrogens is 578 g/mol. The fourth-order valence-corrected chi connectivity index (χ4v) is 3.79. The highest BCUT2D eigenvalue weighted by Crippen LogP contribution is 2.25. The van der Waals surface area contributed by atoms with Crippen LogP contribution in [-0.2, 0) is 9.53 Å². The second kappa shape index (κ2) is 27.3. The van der Waals surface area contributed by atoms with E-state index in [2.05, 4.69) is 84.5 Å². The smallest absolute Gasteiger partial charge is 0.306 e. The molecule has 1 aromatic rings. The number of hydrogen-bond donors (Lipinski definition) is 0. The average molecular weight is 646 g/mol. The van der Waals surface area contributed by atoms with E-state index in [-0.39, 0.29) is 5.97 Å². The molecule has 0 N–H and O–H groups in total. The molecule has 0 radical (unpaired) electrons. The van der Waals surface area contributed by atoms with E-state index in [1.54, 1.807) is 0 Å². The van der Waals surface area contributed by atoms with Crippen LogP contribution in [0, 0.1) is 5.92 Å². The Morgan fingerprint density at radius 2 is 1.57 bits per heavy atom. The number of esters is 1. The van der Waals surface area contributed by atoms with E-state index in [1.807, 2.05) is 89.2 Å². The average Bonchev–Trinajstić information content (AvgIpc) is 3.04. The second-order valence-corrected chi connectivity index (χ2v) is 11.8. The topological polar surface area (TPSA) is 45.1 Å². The van der Waals surface area contributed by atoms with Crippen molar-refractivity contribution in [3.05, 3.63) is 114 Å². The van der Waals surface area contributed by atoms with Crippen LogP contribution in [0.4, 0.5) is 0 Å². The zero-order valence-electron chi connectivity index (χ0n) is 32.1. The van der Waals surface area contributed by atoms with Gasteiger partial charge in [0, 0.05) is 38.5 Å². The van der Waals surface area contributed by atoms with E-state index in [0.29, 0.717) is 18.9 Å². The summed E-state index contributed by atoms with van der Waals surface area (Å²) in [7, 11) is 4.08. The van der Waals surface area contributed by atoms with Crippen molar-refractivity contribution in [2.75, 3.05) is 20.7 Å². The second-order valence-electron chi connectivity index (χ2n) is 11.8. The number of carbonyl (C=O) groups is 1. The summed E-state index contributed by atoms with van der Waals surface area (Å²) in [6, 6.07) is 10.2. The Hall–Kier alpha value is -3.86. The number of amidine groups is 1. The largest absolute Gasteiger partial charge is 0.466 e. The van der Waals surface area contributed by atoms with Gasteiger partial charge in [-0.3, -0.25) is 4.79 Å². The molecule has 0 amide bonds. The van der Waals surface area contributed by atoms with Crippen molar-refractivity contribution in [1.29, 1.82) is 0 Å². The van der Waals surface area contributed by atoms with E-state index in [1.165, 1.54) is 24.1 Å². The summed E-state index contributed by atoms with van der Waals surface area (Å²) in [4.78, 5) is 19.7. The standard InChI is InChI=1S/C29H37N3.C7H14O2.C4H10.C2H6/c1-9-10-16-27-21-28(31(7)18-17-23(4)26-14-12-11-13-15-26)30-29(32(27)8)20-25(6)24(5)19-22(2)3;1-4-9-7(8)5-6(2)3;1-3-4-2;1-2/h11-15,17-21H,4-6,9-10,16H2,1-3,7-8H3;6H,4-5H2,1-3H3;3-4H2,1-2H3;1-2H3/b18-17-,29-20-;;;. The van der Waals surface area contributed by atoms with Gasteiger partial charge < -0.3 is 14.5 Å². The van der Waals surface area contributed by atoms with Crippen molar-refractivity contribution in [2.24, 2.45) is 10.9 Å². The van der Waals surface area contributed by atoms with E-state index < -0.39 is 0 Å². The maximum absolute atomic E-state index is 10.6. The van der Waals surface area contributed by atoms with Gasteiger partial charge in [-0.25, -0.2) is 4.99 Å². The predicted octanol–water partition coefficient (Wildman–Crippen LogP) is 11.9. The number of unbranched alkanes of at least 4 members (excludes halogenated alkanes) is 2. The van der Waals surface area contributed by atoms with E-state index in [4.69, 9.17) is 9.73 Å². The van der Waals surface area contributed by atoms with Crippen LogP contribution in [0.3, 0.4) is 0 Å². The van der Waals surface area contributed by atoms with Gasteiger partial charge in [0.1, 0.15) is 11.7 Å². The summed E-state index contributed by atoms with van der Waals surface area (Å²) in [5.41, 5.74) is 6.27. The molecule has 1 aromatic carbocycles. The lowest BCUT2D eigenvalue weighted by atomic mass is 10.1. The zero-order chi connectivity index (χ0) is 36.4. The minimum absolute atomic E-state index is 0.0903. The van der Waals surface area contributed by atoms with Crippen LogP contribution in [0.15, 0.2) is 114 Å². The maximum atomic E-state index is 10.6. The monoisotopic (exact) mass is 646 g/mol. The Morgan fingerprint density at radius 3 is 2.06 bits per heavy atom. The number of aliphatic imine (C=N–C) groups is 1. The number of nitrogens with zero attached hydrogens (tertiary/aromatic N) is 3. The fraction of sp³-hybridized carbons (Fsp3) is 0.476. The van der Waals surface area contributed by atoms with Crippen LogP contribution in [0.1, 0.15) is 113 Å². The number of benzene rings is 1. The number of rotatable bonds is 13. The van der Waals surface area contributed by atoms with Gasteiger partial charge in [0.15, 0.2) is 0 Å². The Balaban J connectivity index is 0. The first-order valence-electron chi connectivity index (χ1n) is 17.4. The highest BCUT2D eigenvalue weighted by molar-refractivity contribution is 5.96. The van der Waals surface area contributed by atoms with Gasteiger partial charge in [0.2, 0.25) is 0 Å². The Bertz CT molecular complexity index is 1220. The third-order valence-electron chi connectivity index (χ3n) is 6.65. The lowest BCUT2D eigenvalue weighted by molar-refractivity contribution is -0.143. The molecule has 1 aliphatic rings. The van der Waals surface area contributed by atoms with Crippen molar-refractivity contribution in [3.8, 4) is 0 Å². The molecule has 0 spiro atoms. The Labute approximate surface area is 289 Å². The van der Waals surface area contributed by atoms with Gasteiger partial charge in [0.05, 0.1) is 6.61 Å². The van der Waals surface area contributed by atoms with Gasteiger partial charge in [0.25, 0.3) is 0 Å². The SMILES string of the molecule is C=C(C=C(C)C)C(=C)/C=C1/N=C(N(C)/C=C\C(=C)c2ccccc2)C=C(CCCC)N1C.CC.CCCC.CCOC(=O)CC(C)C. The van der Waals surface area contributed by atoms with Crippen LogP contribution in [0.2, 0.25) is 0 Å². The molecule has 0 unspecified atom stereocenters. The normalized spacial score (nSPS) is 12.7. The number of ether oxygens (including phenoxy) is 1. The van der Waals surface area contributed by atoms with Crippen LogP contribution < -0.4 is 0 Å². The first-order valence-corrected chi connectivity index (χ1v) is 17.4. The summed E-state index contributed by atoms with van der Waals surface area (Å²) < 4.78 is 4.71. The van der Waals surface area contributed by atoms with Crippen LogP contribution in [0.5, 0.6) is 0 Å². The zero-order valence-corrected chi connectivity index (χ0v) is 32.1. The molecule has 0 aromatic heterocycles. The molecule has 1 aliphatic heterocycles. The van der Waals surface area contributed by atoms with E-state index in [0.717, 1.165) is 53.2 Å². The summed E-state index contributed by atoms with van der Waals surface area (Å²) in [5, 5.41) is 0. The number of carbonyl (C=O) groups excluding carboxylic acids is 1. The van der Waals surface area contributed by atoms with Crippen molar-refractivity contribution < 1.29 is 9.53 Å². The van der Waals surface area contributed by atoms with Crippen molar-refractivity contribution in [3.63, 3.8) is 0 Å². The summed E-state index contributed by atoms with van der Waals surface area (Å²) in [5.74, 6) is 2.07. The minimum atomic E-state index is -0.0903. The van der Waals surface area contributed by atoms with Crippen molar-refractivity contribution >= 4 is 17.4 Å². The lowest BCUT2D eigenvalue weighted by Crippen LogP contribution is -2.28. The highest BCUT2D eigenvalue weighted by Gasteiger charge is 2.18. The molecule has 0 bridgehead atoms. The first-order chi connectivity index (χ1) is 22.3. The molecule has 2 rings (SSSR count). The van der Waals surface area contributed by atoms with Crippen molar-refractivity contribution in [1.82, 2.24) is 9.80 Å². The Kier molecular flexibility index (Phi) is 26.3. The van der Waals surface area contributed by atoms with Gasteiger partial charge in [-0.05, 0) is 74.0 Å². The number of allylic oxidation sites excluding steroid dienone is 8. The predicted molar refractivity (Wildman–Crippen MR) is 209 cm³/mol. The minimum Gasteiger partial charge on any atom is -0.466 e. The van der Waals surface area contributed by atoms with E-state index in [9.17, 15) is 4.79 Å². The van der Waals surface area contributed by atoms with Gasteiger partial charge in [-0.2, -0.15) is 0 Å². The highest BCUT2D eigenvalue weighted by atomic mass is 16.5. The lowest BCUT2D eigenvalue weighted by Gasteiger charge is -2.30. The maximum Gasteiger partial charge on any atom is 0.306 e. The van der Waals surface area contributed by atoms with Crippen molar-refractivity contribution in [2.45, 2.75) is 108 Å². The molecule has 5 heteroatoms. The molecular formula is C42H67N3O2. The van der Waals surface area contributed by atoms with Crippen LogP contribution >= 0.6 is 0 Å². The molecule has 0 saturated carbocycles. The third-order valence-corrected chi connectivity index (χ3v) is 6.65.